The Bertz CT molecular complexity index is 477. The largest absolute Gasteiger partial charge is 0.392 e. The van der Waals surface area contributed by atoms with E-state index >= 15 is 0 Å². The van der Waals surface area contributed by atoms with E-state index in [9.17, 15) is 4.79 Å². The van der Waals surface area contributed by atoms with E-state index in [1.165, 1.54) is 0 Å². The maximum atomic E-state index is 12.0. The van der Waals surface area contributed by atoms with Crippen molar-refractivity contribution >= 4 is 5.78 Å². The fourth-order valence-corrected chi connectivity index (χ4v) is 1.52. The fraction of sp³-hybridized carbons (Fsp3) is 0.0714. The van der Waals surface area contributed by atoms with Crippen molar-refractivity contribution in [3.05, 3.63) is 71.3 Å². The zero-order valence-corrected chi connectivity index (χ0v) is 11.7. The first-order chi connectivity index (χ1) is 7.81. The zero-order valence-electron chi connectivity index (χ0n) is 9.26. The Morgan fingerprint density at radius 3 is 1.94 bits per heavy atom. The molecule has 0 saturated heterocycles. The van der Waals surface area contributed by atoms with Crippen molar-refractivity contribution in [2.24, 2.45) is 0 Å². The van der Waals surface area contributed by atoms with Crippen molar-refractivity contribution < 1.29 is 36.1 Å². The number of carbonyl (C=O) groups is 1. The van der Waals surface area contributed by atoms with E-state index in [4.69, 9.17) is 5.11 Å². The van der Waals surface area contributed by atoms with Gasteiger partial charge < -0.3 is 5.11 Å². The molecule has 3 heteroatoms. The second kappa shape index (κ2) is 6.63. The van der Waals surface area contributed by atoms with Gasteiger partial charge in [0.2, 0.25) is 0 Å². The molecular formula is C14H12O2Zr. The third-order valence-electron chi connectivity index (χ3n) is 2.43. The van der Waals surface area contributed by atoms with Gasteiger partial charge in [-0.15, -0.1) is 0 Å². The Balaban J connectivity index is 0.00000144. The minimum Gasteiger partial charge on any atom is -0.392 e. The fourth-order valence-electron chi connectivity index (χ4n) is 1.52. The normalized spacial score (nSPS) is 9.47. The third-order valence-corrected chi connectivity index (χ3v) is 2.43. The molecule has 17 heavy (non-hydrogen) atoms. The molecule has 0 bridgehead atoms. The second-order valence-corrected chi connectivity index (χ2v) is 3.55. The maximum absolute atomic E-state index is 12.0. The Hall–Kier alpha value is -1.05. The van der Waals surface area contributed by atoms with Crippen molar-refractivity contribution in [2.75, 3.05) is 0 Å². The predicted octanol–water partition coefficient (Wildman–Crippen LogP) is 2.41. The van der Waals surface area contributed by atoms with Gasteiger partial charge in [0.1, 0.15) is 0 Å². The van der Waals surface area contributed by atoms with Crippen LogP contribution in [0.4, 0.5) is 0 Å². The van der Waals surface area contributed by atoms with Crippen LogP contribution in [0.25, 0.3) is 0 Å². The molecule has 0 spiro atoms. The Morgan fingerprint density at radius 1 is 0.882 bits per heavy atom. The molecule has 0 aromatic heterocycles. The average Bonchev–Trinajstić information content (AvgIpc) is 2.39. The molecule has 2 aromatic rings. The molecular weight excluding hydrogens is 291 g/mol. The van der Waals surface area contributed by atoms with Crippen molar-refractivity contribution in [2.45, 2.75) is 6.61 Å². The number of aliphatic hydroxyl groups excluding tert-OH is 1. The molecule has 0 atom stereocenters. The summed E-state index contributed by atoms with van der Waals surface area (Å²) in [6.45, 7) is -0.000191. The minimum atomic E-state index is -0.000191. The summed E-state index contributed by atoms with van der Waals surface area (Å²) in [5, 5.41) is 8.90. The van der Waals surface area contributed by atoms with Gasteiger partial charge in [0.25, 0.3) is 0 Å². The van der Waals surface area contributed by atoms with Crippen LogP contribution in [0.2, 0.25) is 0 Å². The summed E-state index contributed by atoms with van der Waals surface area (Å²) in [5.41, 5.74) is 2.13. The molecule has 0 aliphatic carbocycles. The van der Waals surface area contributed by atoms with E-state index in [2.05, 4.69) is 0 Å². The van der Waals surface area contributed by atoms with Gasteiger partial charge in [-0.1, -0.05) is 54.6 Å². The van der Waals surface area contributed by atoms with E-state index in [-0.39, 0.29) is 38.6 Å². The van der Waals surface area contributed by atoms with Crippen LogP contribution in [0.3, 0.4) is 0 Å². The van der Waals surface area contributed by atoms with Crippen molar-refractivity contribution in [3.8, 4) is 0 Å². The first-order valence-electron chi connectivity index (χ1n) is 5.11. The summed E-state index contributed by atoms with van der Waals surface area (Å²) in [5.74, 6) is 0.00471. The third kappa shape index (κ3) is 3.45. The van der Waals surface area contributed by atoms with Gasteiger partial charge in [0.05, 0.1) is 6.61 Å². The molecule has 0 unspecified atom stereocenters. The Kier molecular flexibility index (Phi) is 5.47. The minimum absolute atomic E-state index is 0. The van der Waals surface area contributed by atoms with Crippen LogP contribution in [0, 0.1) is 0 Å². The quantitative estimate of drug-likeness (QED) is 0.884. The van der Waals surface area contributed by atoms with E-state index in [1.807, 2.05) is 18.2 Å². The van der Waals surface area contributed by atoms with Gasteiger partial charge in [-0.05, 0) is 5.56 Å². The second-order valence-electron chi connectivity index (χ2n) is 3.55. The number of hydrogen-bond acceptors (Lipinski definition) is 2. The first-order valence-corrected chi connectivity index (χ1v) is 5.11. The van der Waals surface area contributed by atoms with Crippen LogP contribution in [0.1, 0.15) is 21.5 Å². The molecule has 2 nitrogen and oxygen atoms in total. The number of carbonyl (C=O) groups excluding carboxylic acids is 1. The standard InChI is InChI=1S/C14H12O2.Zr/c15-10-11-6-8-13(9-7-11)14(16)12-4-2-1-3-5-12;/h1-9,15H,10H2;. The predicted molar refractivity (Wildman–Crippen MR) is 62.2 cm³/mol. The van der Waals surface area contributed by atoms with Crippen LogP contribution >= 0.6 is 0 Å². The Labute approximate surface area is 119 Å². The molecule has 0 aliphatic heterocycles. The monoisotopic (exact) mass is 302 g/mol. The summed E-state index contributed by atoms with van der Waals surface area (Å²) in [4.78, 5) is 12.0. The average molecular weight is 303 g/mol. The first kappa shape index (κ1) is 14.0. The van der Waals surface area contributed by atoms with E-state index in [0.29, 0.717) is 11.1 Å². The Morgan fingerprint density at radius 2 is 1.41 bits per heavy atom. The maximum Gasteiger partial charge on any atom is 0.193 e. The van der Waals surface area contributed by atoms with Crippen LogP contribution in [-0.2, 0) is 32.8 Å². The SMILES string of the molecule is O=C(c1ccccc1)c1ccc(CO)cc1.[Zr]. The smallest absolute Gasteiger partial charge is 0.193 e. The molecule has 0 aliphatic rings. The van der Waals surface area contributed by atoms with Crippen molar-refractivity contribution in [1.29, 1.82) is 0 Å². The van der Waals surface area contributed by atoms with Crippen LogP contribution in [0.15, 0.2) is 54.6 Å². The van der Waals surface area contributed by atoms with E-state index < -0.39 is 0 Å². The van der Waals surface area contributed by atoms with Crippen molar-refractivity contribution in [1.82, 2.24) is 0 Å². The molecule has 1 N–H and O–H groups in total. The van der Waals surface area contributed by atoms with Crippen molar-refractivity contribution in [3.63, 3.8) is 0 Å². The van der Waals surface area contributed by atoms with E-state index in [1.54, 1.807) is 36.4 Å². The summed E-state index contributed by atoms with van der Waals surface area (Å²) in [6.07, 6.45) is 0. The van der Waals surface area contributed by atoms with Gasteiger partial charge >= 0.3 is 0 Å². The number of ketones is 1. The summed E-state index contributed by atoms with van der Waals surface area (Å²) < 4.78 is 0. The molecule has 2 rings (SSSR count). The molecule has 0 saturated carbocycles. The van der Waals surface area contributed by atoms with E-state index in [0.717, 1.165) is 5.56 Å². The number of benzene rings is 2. The molecule has 0 amide bonds. The number of hydrogen-bond donors (Lipinski definition) is 1. The number of aliphatic hydroxyl groups is 1. The molecule has 2 aromatic carbocycles. The number of rotatable bonds is 3. The summed E-state index contributed by atoms with van der Waals surface area (Å²) in [6, 6.07) is 16.1. The van der Waals surface area contributed by atoms with Gasteiger partial charge in [0.15, 0.2) is 5.78 Å². The molecule has 84 valence electrons. The van der Waals surface area contributed by atoms with Crippen LogP contribution in [0.5, 0.6) is 0 Å². The van der Waals surface area contributed by atoms with Gasteiger partial charge in [-0.3, -0.25) is 4.79 Å². The topological polar surface area (TPSA) is 37.3 Å². The van der Waals surface area contributed by atoms with Gasteiger partial charge in [-0.25, -0.2) is 0 Å². The molecule has 0 heterocycles. The molecule has 0 fully saturated rings. The van der Waals surface area contributed by atoms with Gasteiger partial charge in [0, 0.05) is 37.3 Å². The summed E-state index contributed by atoms with van der Waals surface area (Å²) in [7, 11) is 0. The summed E-state index contributed by atoms with van der Waals surface area (Å²) >= 11 is 0. The van der Waals surface area contributed by atoms with Crippen LogP contribution in [-0.4, -0.2) is 10.9 Å². The molecule has 0 radical (unpaired) electrons. The van der Waals surface area contributed by atoms with Gasteiger partial charge in [-0.2, -0.15) is 0 Å². The zero-order chi connectivity index (χ0) is 11.4. The van der Waals surface area contributed by atoms with Crippen LogP contribution < -0.4 is 0 Å².